The molecule has 1 aliphatic rings. The molecule has 4 heteroatoms. The van der Waals surface area contributed by atoms with Crippen molar-refractivity contribution in [2.75, 3.05) is 26.2 Å². The van der Waals surface area contributed by atoms with Crippen molar-refractivity contribution in [3.63, 3.8) is 0 Å². The molecule has 1 N–H and O–H groups in total. The molecule has 0 aliphatic carbocycles. The predicted octanol–water partition coefficient (Wildman–Crippen LogP) is 0.769. The van der Waals surface area contributed by atoms with Crippen molar-refractivity contribution in [3.05, 3.63) is 23.5 Å². The lowest BCUT2D eigenvalue weighted by molar-refractivity contribution is 0.0756. The van der Waals surface area contributed by atoms with Gasteiger partial charge in [0, 0.05) is 32.4 Å². The first kappa shape index (κ1) is 11.2. The molecule has 1 aromatic rings. The van der Waals surface area contributed by atoms with Gasteiger partial charge in [-0.2, -0.15) is 0 Å². The van der Waals surface area contributed by atoms with E-state index in [-0.39, 0.29) is 5.91 Å². The van der Waals surface area contributed by atoms with E-state index in [9.17, 15) is 4.79 Å². The largest absolute Gasteiger partial charge is 0.344 e. The normalized spacial score (nSPS) is 17.2. The quantitative estimate of drug-likeness (QED) is 0.760. The third-order valence-corrected chi connectivity index (χ3v) is 3.22. The minimum atomic E-state index is 0.152. The monoisotopic (exact) mass is 221 g/mol. The second kappa shape index (κ2) is 4.70. The van der Waals surface area contributed by atoms with Crippen molar-refractivity contribution in [2.24, 2.45) is 7.05 Å². The van der Waals surface area contributed by atoms with Crippen LogP contribution in [0.3, 0.4) is 0 Å². The Morgan fingerprint density at radius 3 is 2.81 bits per heavy atom. The molecule has 1 fully saturated rings. The summed E-state index contributed by atoms with van der Waals surface area (Å²) in [6.07, 6.45) is 1.04. The molecular formula is C12H19N3O. The molecule has 1 aromatic heterocycles. The second-order valence-corrected chi connectivity index (χ2v) is 4.31. The van der Waals surface area contributed by atoms with Crippen LogP contribution in [-0.2, 0) is 7.05 Å². The third kappa shape index (κ3) is 2.11. The molecule has 0 unspecified atom stereocenters. The summed E-state index contributed by atoms with van der Waals surface area (Å²) < 4.78 is 1.96. The highest BCUT2D eigenvalue weighted by atomic mass is 16.2. The Balaban J connectivity index is 2.14. The summed E-state index contributed by atoms with van der Waals surface area (Å²) >= 11 is 0. The van der Waals surface area contributed by atoms with Crippen LogP contribution in [0.2, 0.25) is 0 Å². The maximum absolute atomic E-state index is 12.3. The molecule has 1 saturated heterocycles. The molecule has 88 valence electrons. The number of hydrogen-bond donors (Lipinski definition) is 1. The number of nitrogens with zero attached hydrogens (tertiary/aromatic N) is 2. The van der Waals surface area contributed by atoms with Crippen molar-refractivity contribution in [3.8, 4) is 0 Å². The van der Waals surface area contributed by atoms with E-state index in [0.29, 0.717) is 0 Å². The number of aryl methyl sites for hydroxylation is 1. The fourth-order valence-corrected chi connectivity index (χ4v) is 2.04. The smallest absolute Gasteiger partial charge is 0.270 e. The molecule has 16 heavy (non-hydrogen) atoms. The Morgan fingerprint density at radius 1 is 1.31 bits per heavy atom. The van der Waals surface area contributed by atoms with Gasteiger partial charge in [0.25, 0.3) is 5.91 Å². The van der Waals surface area contributed by atoms with Crippen LogP contribution < -0.4 is 5.32 Å². The first-order valence-electron chi connectivity index (χ1n) is 5.82. The van der Waals surface area contributed by atoms with Crippen LogP contribution in [0, 0.1) is 6.92 Å². The molecule has 0 spiro atoms. The van der Waals surface area contributed by atoms with Gasteiger partial charge >= 0.3 is 0 Å². The fourth-order valence-electron chi connectivity index (χ4n) is 2.04. The minimum absolute atomic E-state index is 0.152. The third-order valence-electron chi connectivity index (χ3n) is 3.22. The summed E-state index contributed by atoms with van der Waals surface area (Å²) in [4.78, 5) is 14.2. The van der Waals surface area contributed by atoms with Gasteiger partial charge < -0.3 is 14.8 Å². The number of rotatable bonds is 1. The number of nitrogens with one attached hydrogen (secondary N) is 1. The van der Waals surface area contributed by atoms with Gasteiger partial charge in [0.15, 0.2) is 0 Å². The highest BCUT2D eigenvalue weighted by molar-refractivity contribution is 5.93. The zero-order valence-electron chi connectivity index (χ0n) is 9.99. The summed E-state index contributed by atoms with van der Waals surface area (Å²) in [5.41, 5.74) is 1.91. The molecule has 0 aromatic carbocycles. The van der Waals surface area contributed by atoms with E-state index >= 15 is 0 Å². The van der Waals surface area contributed by atoms with Crippen LogP contribution >= 0.6 is 0 Å². The molecule has 2 rings (SSSR count). The zero-order chi connectivity index (χ0) is 11.5. The van der Waals surface area contributed by atoms with E-state index in [1.807, 2.05) is 35.6 Å². The van der Waals surface area contributed by atoms with Crippen molar-refractivity contribution < 1.29 is 4.79 Å². The van der Waals surface area contributed by atoms with Gasteiger partial charge in [-0.15, -0.1) is 0 Å². The molecule has 2 heterocycles. The Kier molecular flexibility index (Phi) is 3.29. The van der Waals surface area contributed by atoms with Crippen LogP contribution in [0.4, 0.5) is 0 Å². The number of amides is 1. The summed E-state index contributed by atoms with van der Waals surface area (Å²) in [6, 6.07) is 3.90. The van der Waals surface area contributed by atoms with Crippen molar-refractivity contribution in [1.82, 2.24) is 14.8 Å². The van der Waals surface area contributed by atoms with Crippen molar-refractivity contribution >= 4 is 5.91 Å². The molecule has 1 amide bonds. The first-order valence-corrected chi connectivity index (χ1v) is 5.82. The fraction of sp³-hybridized carbons (Fsp3) is 0.583. The van der Waals surface area contributed by atoms with Gasteiger partial charge in [0.05, 0.1) is 0 Å². The summed E-state index contributed by atoms with van der Waals surface area (Å²) in [5.74, 6) is 0.152. The Labute approximate surface area is 96.2 Å². The standard InChI is InChI=1S/C12H19N3O/c1-10-4-5-11(14(10)2)12(16)15-8-3-6-13-7-9-15/h4-5,13H,3,6-9H2,1-2H3. The Bertz CT molecular complexity index is 376. The van der Waals surface area contributed by atoms with Crippen LogP contribution in [0.15, 0.2) is 12.1 Å². The van der Waals surface area contributed by atoms with Gasteiger partial charge in [-0.05, 0) is 32.0 Å². The minimum Gasteiger partial charge on any atom is -0.344 e. The predicted molar refractivity (Wildman–Crippen MR) is 63.5 cm³/mol. The first-order chi connectivity index (χ1) is 7.70. The Hall–Kier alpha value is -1.29. The van der Waals surface area contributed by atoms with E-state index in [1.54, 1.807) is 0 Å². The lowest BCUT2D eigenvalue weighted by Gasteiger charge is -2.20. The van der Waals surface area contributed by atoms with Crippen molar-refractivity contribution in [1.29, 1.82) is 0 Å². The summed E-state index contributed by atoms with van der Waals surface area (Å²) in [5, 5.41) is 3.30. The second-order valence-electron chi connectivity index (χ2n) is 4.31. The molecule has 4 nitrogen and oxygen atoms in total. The highest BCUT2D eigenvalue weighted by Gasteiger charge is 2.19. The van der Waals surface area contributed by atoms with E-state index in [2.05, 4.69) is 5.32 Å². The topological polar surface area (TPSA) is 37.3 Å². The van der Waals surface area contributed by atoms with Crippen LogP contribution in [0.5, 0.6) is 0 Å². The lowest BCUT2D eigenvalue weighted by Crippen LogP contribution is -2.35. The van der Waals surface area contributed by atoms with Gasteiger partial charge in [-0.1, -0.05) is 0 Å². The molecule has 0 atom stereocenters. The zero-order valence-corrected chi connectivity index (χ0v) is 9.99. The van der Waals surface area contributed by atoms with E-state index < -0.39 is 0 Å². The number of aromatic nitrogens is 1. The number of carbonyl (C=O) groups excluding carboxylic acids is 1. The van der Waals surface area contributed by atoms with Gasteiger partial charge in [0.1, 0.15) is 5.69 Å². The van der Waals surface area contributed by atoms with Gasteiger partial charge in [-0.25, -0.2) is 0 Å². The number of hydrogen-bond acceptors (Lipinski definition) is 2. The highest BCUT2D eigenvalue weighted by Crippen LogP contribution is 2.10. The molecule has 0 saturated carbocycles. The average Bonchev–Trinajstić information content (AvgIpc) is 2.53. The number of carbonyl (C=O) groups is 1. The molecular weight excluding hydrogens is 202 g/mol. The summed E-state index contributed by atoms with van der Waals surface area (Å²) in [6.45, 7) is 5.59. The van der Waals surface area contributed by atoms with Crippen LogP contribution in [0.1, 0.15) is 22.6 Å². The Morgan fingerprint density at radius 2 is 2.12 bits per heavy atom. The summed E-state index contributed by atoms with van der Waals surface area (Å²) in [7, 11) is 1.94. The van der Waals surface area contributed by atoms with E-state index in [1.165, 1.54) is 0 Å². The van der Waals surface area contributed by atoms with Crippen molar-refractivity contribution in [2.45, 2.75) is 13.3 Å². The SMILES string of the molecule is Cc1ccc(C(=O)N2CCCNCC2)n1C. The van der Waals surface area contributed by atoms with E-state index in [0.717, 1.165) is 44.0 Å². The van der Waals surface area contributed by atoms with Gasteiger partial charge in [-0.3, -0.25) is 4.79 Å². The average molecular weight is 221 g/mol. The van der Waals surface area contributed by atoms with Gasteiger partial charge in [0.2, 0.25) is 0 Å². The maximum Gasteiger partial charge on any atom is 0.270 e. The van der Waals surface area contributed by atoms with E-state index in [4.69, 9.17) is 0 Å². The molecule has 0 radical (unpaired) electrons. The van der Waals surface area contributed by atoms with Crippen LogP contribution in [0.25, 0.3) is 0 Å². The molecule has 0 bridgehead atoms. The lowest BCUT2D eigenvalue weighted by atomic mass is 10.3. The maximum atomic E-state index is 12.3. The molecule has 1 aliphatic heterocycles. The van der Waals surface area contributed by atoms with Crippen LogP contribution in [-0.4, -0.2) is 41.6 Å².